The van der Waals surface area contributed by atoms with E-state index in [-0.39, 0.29) is 0 Å². The number of hydrogen-bond acceptors (Lipinski definition) is 5. The number of piperidine rings is 1. The van der Waals surface area contributed by atoms with E-state index < -0.39 is 0 Å². The second-order valence-corrected chi connectivity index (χ2v) is 6.36. The highest BCUT2D eigenvalue weighted by Gasteiger charge is 2.31. The van der Waals surface area contributed by atoms with Crippen molar-refractivity contribution in [3.8, 4) is 5.69 Å². The van der Waals surface area contributed by atoms with Crippen molar-refractivity contribution in [1.29, 1.82) is 0 Å². The van der Waals surface area contributed by atoms with Crippen LogP contribution in [0.2, 0.25) is 0 Å². The van der Waals surface area contributed by atoms with Crippen molar-refractivity contribution in [1.82, 2.24) is 25.1 Å². The van der Waals surface area contributed by atoms with Gasteiger partial charge in [0.1, 0.15) is 0 Å². The van der Waals surface area contributed by atoms with Gasteiger partial charge in [-0.25, -0.2) is 0 Å². The Labute approximate surface area is 130 Å². The van der Waals surface area contributed by atoms with Crippen molar-refractivity contribution in [3.63, 3.8) is 0 Å². The smallest absolute Gasteiger partial charge is 0.250 e. The summed E-state index contributed by atoms with van der Waals surface area (Å²) < 4.78 is 1.86. The van der Waals surface area contributed by atoms with E-state index in [0.717, 1.165) is 31.3 Å². The predicted octanol–water partition coefficient (Wildman–Crippen LogP) is 1.65. The Bertz CT molecular complexity index is 634. The molecular weight excluding hydrogens is 276 g/mol. The summed E-state index contributed by atoms with van der Waals surface area (Å²) in [7, 11) is 0. The van der Waals surface area contributed by atoms with E-state index in [1.807, 2.05) is 4.68 Å². The van der Waals surface area contributed by atoms with Gasteiger partial charge in [-0.1, -0.05) is 29.2 Å². The maximum Gasteiger partial charge on any atom is 0.250 e. The summed E-state index contributed by atoms with van der Waals surface area (Å²) in [6, 6.07) is 9.00. The normalized spacial score (nSPS) is 22.6. The molecule has 2 saturated heterocycles. The fourth-order valence-corrected chi connectivity index (χ4v) is 3.57. The minimum atomic E-state index is 0.658. The number of rotatable bonds is 2. The molecule has 2 fully saturated rings. The van der Waals surface area contributed by atoms with E-state index in [1.54, 1.807) is 0 Å². The second-order valence-electron chi connectivity index (χ2n) is 6.36. The van der Waals surface area contributed by atoms with Gasteiger partial charge < -0.3 is 4.90 Å². The highest BCUT2D eigenvalue weighted by molar-refractivity contribution is 5.42. The van der Waals surface area contributed by atoms with E-state index in [0.29, 0.717) is 6.04 Å². The van der Waals surface area contributed by atoms with Crippen molar-refractivity contribution in [3.05, 3.63) is 29.8 Å². The summed E-state index contributed by atoms with van der Waals surface area (Å²) in [4.78, 5) is 4.96. The van der Waals surface area contributed by atoms with Crippen molar-refractivity contribution in [2.75, 3.05) is 31.1 Å². The van der Waals surface area contributed by atoms with Crippen LogP contribution in [-0.4, -0.2) is 57.3 Å². The Kier molecular flexibility index (Phi) is 3.54. The van der Waals surface area contributed by atoms with Crippen LogP contribution in [-0.2, 0) is 0 Å². The lowest BCUT2D eigenvalue weighted by molar-refractivity contribution is 0.132. The molecule has 0 amide bonds. The lowest BCUT2D eigenvalue weighted by Crippen LogP contribution is -2.55. The van der Waals surface area contributed by atoms with Crippen LogP contribution in [0.3, 0.4) is 0 Å². The quantitative estimate of drug-likeness (QED) is 0.844. The van der Waals surface area contributed by atoms with Crippen LogP contribution in [0.4, 0.5) is 5.95 Å². The molecule has 1 aromatic heterocycles. The van der Waals surface area contributed by atoms with E-state index in [4.69, 9.17) is 0 Å². The molecule has 0 N–H and O–H groups in total. The van der Waals surface area contributed by atoms with Crippen LogP contribution < -0.4 is 4.90 Å². The van der Waals surface area contributed by atoms with Crippen molar-refractivity contribution < 1.29 is 0 Å². The maximum atomic E-state index is 4.29. The SMILES string of the molecule is Cc1ccc(-n2nnnc2N2CCN3CCCCC3C2)cc1. The molecule has 0 aliphatic carbocycles. The maximum absolute atomic E-state index is 4.29. The molecule has 6 nitrogen and oxygen atoms in total. The molecule has 1 aromatic carbocycles. The van der Waals surface area contributed by atoms with Gasteiger partial charge in [-0.3, -0.25) is 4.90 Å². The van der Waals surface area contributed by atoms with E-state index in [1.165, 1.54) is 31.4 Å². The van der Waals surface area contributed by atoms with Gasteiger partial charge in [0.2, 0.25) is 5.95 Å². The molecule has 0 spiro atoms. The van der Waals surface area contributed by atoms with Crippen molar-refractivity contribution in [2.24, 2.45) is 0 Å². The lowest BCUT2D eigenvalue weighted by atomic mass is 10.00. The van der Waals surface area contributed by atoms with Crippen molar-refractivity contribution >= 4 is 5.95 Å². The number of benzene rings is 1. The number of aromatic nitrogens is 4. The summed E-state index contributed by atoms with van der Waals surface area (Å²) in [5.41, 5.74) is 2.27. The molecule has 1 atom stereocenters. The minimum absolute atomic E-state index is 0.658. The first kappa shape index (κ1) is 13.7. The Morgan fingerprint density at radius 1 is 1.05 bits per heavy atom. The first-order chi connectivity index (χ1) is 10.8. The van der Waals surface area contributed by atoms with Gasteiger partial charge in [0.25, 0.3) is 0 Å². The fourth-order valence-electron chi connectivity index (χ4n) is 3.57. The first-order valence-corrected chi connectivity index (χ1v) is 8.16. The molecule has 3 heterocycles. The molecule has 2 aliphatic heterocycles. The van der Waals surface area contributed by atoms with Gasteiger partial charge in [0.05, 0.1) is 5.69 Å². The molecule has 2 aliphatic rings. The molecule has 4 rings (SSSR count). The Balaban J connectivity index is 1.58. The fraction of sp³-hybridized carbons (Fsp3) is 0.562. The molecule has 22 heavy (non-hydrogen) atoms. The van der Waals surface area contributed by atoms with Crippen LogP contribution in [0.1, 0.15) is 24.8 Å². The second kappa shape index (κ2) is 5.68. The molecular formula is C16H22N6. The summed E-state index contributed by atoms with van der Waals surface area (Å²) in [5, 5.41) is 12.4. The van der Waals surface area contributed by atoms with Gasteiger partial charge in [-0.15, -0.1) is 0 Å². The lowest BCUT2D eigenvalue weighted by Gasteiger charge is -2.44. The molecule has 2 aromatic rings. The number of piperazine rings is 1. The minimum Gasteiger partial charge on any atom is -0.337 e. The third kappa shape index (κ3) is 2.47. The molecule has 116 valence electrons. The van der Waals surface area contributed by atoms with Crippen molar-refractivity contribution in [2.45, 2.75) is 32.2 Å². The van der Waals surface area contributed by atoms with Gasteiger partial charge in [-0.05, 0) is 48.9 Å². The topological polar surface area (TPSA) is 50.1 Å². The zero-order valence-electron chi connectivity index (χ0n) is 13.0. The van der Waals surface area contributed by atoms with Crippen LogP contribution in [0.5, 0.6) is 0 Å². The van der Waals surface area contributed by atoms with Gasteiger partial charge in [0.15, 0.2) is 0 Å². The average molecular weight is 298 g/mol. The zero-order valence-corrected chi connectivity index (χ0v) is 13.0. The van der Waals surface area contributed by atoms with Gasteiger partial charge >= 0.3 is 0 Å². The zero-order chi connectivity index (χ0) is 14.9. The third-order valence-electron chi connectivity index (χ3n) is 4.85. The number of anilines is 1. The number of aryl methyl sites for hydroxylation is 1. The van der Waals surface area contributed by atoms with Crippen LogP contribution in [0, 0.1) is 6.92 Å². The Morgan fingerprint density at radius 3 is 2.77 bits per heavy atom. The third-order valence-corrected chi connectivity index (χ3v) is 4.85. The first-order valence-electron chi connectivity index (χ1n) is 8.16. The molecule has 1 unspecified atom stereocenters. The number of hydrogen-bond donors (Lipinski definition) is 0. The standard InChI is InChI=1S/C16H22N6/c1-13-5-7-14(8-6-13)22-16(17-18-19-22)21-11-10-20-9-3-2-4-15(20)12-21/h5-8,15H,2-4,9-12H2,1H3. The van der Waals surface area contributed by atoms with Crippen LogP contribution >= 0.6 is 0 Å². The monoisotopic (exact) mass is 298 g/mol. The summed E-state index contributed by atoms with van der Waals surface area (Å²) >= 11 is 0. The van der Waals surface area contributed by atoms with Crippen LogP contribution in [0.15, 0.2) is 24.3 Å². The largest absolute Gasteiger partial charge is 0.337 e. The van der Waals surface area contributed by atoms with Crippen LogP contribution in [0.25, 0.3) is 5.69 Å². The predicted molar refractivity (Wildman–Crippen MR) is 85.3 cm³/mol. The Morgan fingerprint density at radius 2 is 1.91 bits per heavy atom. The number of tetrazole rings is 1. The molecule has 0 saturated carbocycles. The highest BCUT2D eigenvalue weighted by atomic mass is 15.6. The molecule has 6 heteroatoms. The van der Waals surface area contributed by atoms with E-state index in [9.17, 15) is 0 Å². The highest BCUT2D eigenvalue weighted by Crippen LogP contribution is 2.24. The Hall–Kier alpha value is -1.95. The molecule has 0 bridgehead atoms. The van der Waals surface area contributed by atoms with Gasteiger partial charge in [-0.2, -0.15) is 4.68 Å². The summed E-state index contributed by atoms with van der Waals surface area (Å²) in [6.07, 6.45) is 3.98. The summed E-state index contributed by atoms with van der Waals surface area (Å²) in [6.45, 7) is 6.49. The average Bonchev–Trinajstić information content (AvgIpc) is 3.05. The van der Waals surface area contributed by atoms with Gasteiger partial charge in [0, 0.05) is 25.7 Å². The number of nitrogens with zero attached hydrogens (tertiary/aromatic N) is 6. The summed E-state index contributed by atoms with van der Waals surface area (Å²) in [5.74, 6) is 0.870. The van der Waals surface area contributed by atoms with E-state index in [2.05, 4.69) is 56.5 Å². The molecule has 0 radical (unpaired) electrons. The number of fused-ring (bicyclic) bond motifs is 1. The van der Waals surface area contributed by atoms with E-state index >= 15 is 0 Å².